The van der Waals surface area contributed by atoms with E-state index >= 15 is 0 Å². The Morgan fingerprint density at radius 1 is 1.06 bits per heavy atom. The van der Waals surface area contributed by atoms with Gasteiger partial charge in [0.25, 0.3) is 11.8 Å². The van der Waals surface area contributed by atoms with Gasteiger partial charge in [-0.2, -0.15) is 0 Å². The van der Waals surface area contributed by atoms with Crippen molar-refractivity contribution in [3.63, 3.8) is 0 Å². The van der Waals surface area contributed by atoms with Crippen molar-refractivity contribution in [2.45, 2.75) is 38.8 Å². The zero-order chi connectivity index (χ0) is 25.8. The number of hydrogen-bond acceptors (Lipinski definition) is 5. The number of amides is 3. The van der Waals surface area contributed by atoms with Gasteiger partial charge in [-0.25, -0.2) is 0 Å². The molecule has 36 heavy (non-hydrogen) atoms. The van der Waals surface area contributed by atoms with E-state index in [0.717, 1.165) is 12.8 Å². The summed E-state index contributed by atoms with van der Waals surface area (Å²) in [4.78, 5) is 42.6. The van der Waals surface area contributed by atoms with E-state index in [9.17, 15) is 14.4 Å². The molecule has 1 saturated carbocycles. The summed E-state index contributed by atoms with van der Waals surface area (Å²) in [5, 5.41) is 2.92. The lowest BCUT2D eigenvalue weighted by Gasteiger charge is -2.36. The Morgan fingerprint density at radius 2 is 1.78 bits per heavy atom. The van der Waals surface area contributed by atoms with Gasteiger partial charge in [-0.3, -0.25) is 14.4 Å². The summed E-state index contributed by atoms with van der Waals surface area (Å²) in [5.74, 6) is 0.119. The molecule has 8 nitrogen and oxygen atoms in total. The fourth-order valence-corrected chi connectivity index (χ4v) is 4.47. The molecule has 0 aromatic heterocycles. The summed E-state index contributed by atoms with van der Waals surface area (Å²) >= 11 is 0. The minimum Gasteiger partial charge on any atom is -0.491 e. The zero-order valence-corrected chi connectivity index (χ0v) is 21.4. The molecule has 0 unspecified atom stereocenters. The number of benzene rings is 2. The standard InChI is InChI=1S/C28H35N3O5/c1-18-15-31(27(33)21-8-6-5-7-9-21)19(2)17-36-24-14-22(29-26(32)20-10-11-20)12-13-23(24)28(34)30(3)16-25(18)35-4/h5-9,12-14,18-20,25H,10-11,15-17H2,1-4H3,(H,29,32)/t18-,19-,25+/m0/s1. The SMILES string of the molecule is CO[C@@H]1CN(C)C(=O)c2ccc(NC(=O)C3CC3)cc2OC[C@H](C)N(C(=O)c2ccccc2)C[C@@H]1C. The van der Waals surface area contributed by atoms with Crippen LogP contribution in [0, 0.1) is 11.8 Å². The molecule has 192 valence electrons. The summed E-state index contributed by atoms with van der Waals surface area (Å²) < 4.78 is 11.9. The number of likely N-dealkylation sites (N-methyl/N-ethyl adjacent to an activating group) is 1. The van der Waals surface area contributed by atoms with Gasteiger partial charge >= 0.3 is 0 Å². The first-order valence-corrected chi connectivity index (χ1v) is 12.5. The van der Waals surface area contributed by atoms with Crippen LogP contribution in [0.1, 0.15) is 47.4 Å². The van der Waals surface area contributed by atoms with Gasteiger partial charge in [0.05, 0.1) is 17.7 Å². The lowest BCUT2D eigenvalue weighted by Crippen LogP contribution is -2.48. The molecule has 1 aliphatic carbocycles. The van der Waals surface area contributed by atoms with Gasteiger partial charge in [0.1, 0.15) is 12.4 Å². The highest BCUT2D eigenvalue weighted by Gasteiger charge is 2.32. The van der Waals surface area contributed by atoms with Crippen LogP contribution in [0.25, 0.3) is 0 Å². The van der Waals surface area contributed by atoms with Crippen molar-refractivity contribution in [1.29, 1.82) is 0 Å². The third kappa shape index (κ3) is 5.87. The molecule has 1 fully saturated rings. The van der Waals surface area contributed by atoms with E-state index in [0.29, 0.717) is 35.7 Å². The highest BCUT2D eigenvalue weighted by Crippen LogP contribution is 2.32. The maximum absolute atomic E-state index is 13.5. The Hall–Kier alpha value is -3.39. The van der Waals surface area contributed by atoms with Crippen LogP contribution in [0.2, 0.25) is 0 Å². The number of hydrogen-bond donors (Lipinski definition) is 1. The Labute approximate surface area is 212 Å². The first-order chi connectivity index (χ1) is 17.3. The molecule has 2 aliphatic rings. The number of nitrogens with one attached hydrogen (secondary N) is 1. The maximum Gasteiger partial charge on any atom is 0.257 e. The molecule has 1 N–H and O–H groups in total. The van der Waals surface area contributed by atoms with E-state index in [4.69, 9.17) is 9.47 Å². The van der Waals surface area contributed by atoms with Gasteiger partial charge in [-0.1, -0.05) is 25.1 Å². The number of fused-ring (bicyclic) bond motifs is 1. The van der Waals surface area contributed by atoms with Crippen molar-refractivity contribution in [2.75, 3.05) is 39.2 Å². The first-order valence-electron chi connectivity index (χ1n) is 12.5. The summed E-state index contributed by atoms with van der Waals surface area (Å²) in [6, 6.07) is 14.0. The second-order valence-corrected chi connectivity index (χ2v) is 9.90. The fraction of sp³-hybridized carbons (Fsp3) is 0.464. The average Bonchev–Trinajstić information content (AvgIpc) is 3.74. The smallest absolute Gasteiger partial charge is 0.257 e. The molecular weight excluding hydrogens is 458 g/mol. The second kappa shape index (κ2) is 11.1. The lowest BCUT2D eigenvalue weighted by molar-refractivity contribution is -0.117. The van der Waals surface area contributed by atoms with Crippen molar-refractivity contribution in [1.82, 2.24) is 9.80 Å². The summed E-state index contributed by atoms with van der Waals surface area (Å²) in [7, 11) is 3.36. The van der Waals surface area contributed by atoms with Crippen molar-refractivity contribution in [3.8, 4) is 5.75 Å². The zero-order valence-electron chi connectivity index (χ0n) is 21.4. The van der Waals surface area contributed by atoms with Crippen molar-refractivity contribution >= 4 is 23.4 Å². The third-order valence-corrected chi connectivity index (χ3v) is 6.94. The summed E-state index contributed by atoms with van der Waals surface area (Å²) in [6.07, 6.45) is 1.54. The molecule has 1 aliphatic heterocycles. The van der Waals surface area contributed by atoms with Crippen LogP contribution < -0.4 is 10.1 Å². The van der Waals surface area contributed by atoms with Crippen LogP contribution in [0.5, 0.6) is 5.75 Å². The van der Waals surface area contributed by atoms with Crippen LogP contribution in [0.3, 0.4) is 0 Å². The predicted octanol–water partition coefficient (Wildman–Crippen LogP) is 3.68. The van der Waals surface area contributed by atoms with E-state index in [-0.39, 0.29) is 48.3 Å². The third-order valence-electron chi connectivity index (χ3n) is 6.94. The van der Waals surface area contributed by atoms with Gasteiger partial charge in [-0.05, 0) is 44.0 Å². The van der Waals surface area contributed by atoms with Crippen molar-refractivity contribution < 1.29 is 23.9 Å². The number of anilines is 1. The number of ether oxygens (including phenoxy) is 2. The number of carbonyl (C=O) groups is 3. The molecule has 2 aromatic rings. The monoisotopic (exact) mass is 493 g/mol. The van der Waals surface area contributed by atoms with Crippen LogP contribution in [-0.2, 0) is 9.53 Å². The number of rotatable bonds is 4. The van der Waals surface area contributed by atoms with Gasteiger partial charge < -0.3 is 24.6 Å². The molecule has 0 spiro atoms. The number of nitrogens with zero attached hydrogens (tertiary/aromatic N) is 2. The topological polar surface area (TPSA) is 88.2 Å². The van der Waals surface area contributed by atoms with E-state index in [1.54, 1.807) is 49.4 Å². The van der Waals surface area contributed by atoms with E-state index < -0.39 is 0 Å². The molecule has 0 saturated heterocycles. The molecule has 8 heteroatoms. The first kappa shape index (κ1) is 25.7. The molecule has 3 amide bonds. The van der Waals surface area contributed by atoms with Crippen molar-refractivity contribution in [2.24, 2.45) is 11.8 Å². The molecule has 4 rings (SSSR count). The van der Waals surface area contributed by atoms with Crippen LogP contribution in [0.15, 0.2) is 48.5 Å². The molecule has 0 radical (unpaired) electrons. The van der Waals surface area contributed by atoms with Crippen LogP contribution in [-0.4, -0.2) is 73.5 Å². The summed E-state index contributed by atoms with van der Waals surface area (Å²) in [6.45, 7) is 4.96. The summed E-state index contributed by atoms with van der Waals surface area (Å²) in [5.41, 5.74) is 1.59. The van der Waals surface area contributed by atoms with E-state index in [1.807, 2.05) is 36.9 Å². The van der Waals surface area contributed by atoms with Crippen LogP contribution >= 0.6 is 0 Å². The Kier molecular flexibility index (Phi) is 7.94. The van der Waals surface area contributed by atoms with Gasteiger partial charge in [0.2, 0.25) is 5.91 Å². The Bertz CT molecular complexity index is 1100. The van der Waals surface area contributed by atoms with Crippen molar-refractivity contribution in [3.05, 3.63) is 59.7 Å². The molecule has 2 aromatic carbocycles. The molecule has 3 atom stereocenters. The van der Waals surface area contributed by atoms with Gasteiger partial charge in [-0.15, -0.1) is 0 Å². The molecule has 1 heterocycles. The van der Waals surface area contributed by atoms with Crippen LogP contribution in [0.4, 0.5) is 5.69 Å². The second-order valence-electron chi connectivity index (χ2n) is 9.90. The Balaban J connectivity index is 1.66. The normalized spacial score (nSPS) is 23.1. The van der Waals surface area contributed by atoms with E-state index in [1.165, 1.54) is 0 Å². The predicted molar refractivity (Wildman–Crippen MR) is 137 cm³/mol. The fourth-order valence-electron chi connectivity index (χ4n) is 4.47. The van der Waals surface area contributed by atoms with Gasteiger partial charge in [0.15, 0.2) is 0 Å². The average molecular weight is 494 g/mol. The van der Waals surface area contributed by atoms with E-state index in [2.05, 4.69) is 5.32 Å². The Morgan fingerprint density at radius 3 is 2.44 bits per heavy atom. The van der Waals surface area contributed by atoms with Gasteiger partial charge in [0, 0.05) is 56.4 Å². The molecule has 0 bridgehead atoms. The minimum absolute atomic E-state index is 0.0172. The lowest BCUT2D eigenvalue weighted by atomic mass is 10.0. The maximum atomic E-state index is 13.5. The highest BCUT2D eigenvalue weighted by molar-refractivity contribution is 5.99. The largest absolute Gasteiger partial charge is 0.491 e. The molecular formula is C28H35N3O5. The quantitative estimate of drug-likeness (QED) is 0.702. The number of carbonyl (C=O) groups excluding carboxylic acids is 3. The number of methoxy groups -OCH3 is 1. The highest BCUT2D eigenvalue weighted by atomic mass is 16.5. The minimum atomic E-state index is -0.275.